The lowest BCUT2D eigenvalue weighted by molar-refractivity contribution is -0.145. The number of aryl methyl sites for hydroxylation is 2. The van der Waals surface area contributed by atoms with Crippen LogP contribution in [0.25, 0.3) is 67.1 Å². The maximum atomic E-state index is 14.2. The zero-order chi connectivity index (χ0) is 52.2. The molecule has 0 aliphatic carbocycles. The highest BCUT2D eigenvalue weighted by atomic mass is 19.1. The number of aromatic hydroxyl groups is 2. The molecule has 12 rings (SSSR count). The van der Waals surface area contributed by atoms with E-state index in [4.69, 9.17) is 4.98 Å². The van der Waals surface area contributed by atoms with E-state index in [9.17, 15) is 33.7 Å². The second kappa shape index (κ2) is 20.3. The number of hydrogen-bond donors (Lipinski definition) is 7. The fraction of sp³-hybridized carbons (Fsp3) is 0.393. The van der Waals surface area contributed by atoms with Gasteiger partial charge in [0.15, 0.2) is 34.8 Å². The first kappa shape index (κ1) is 49.7. The van der Waals surface area contributed by atoms with Gasteiger partial charge in [0, 0.05) is 55.8 Å². The number of H-pyrrole nitrogens is 4. The second-order valence-corrected chi connectivity index (χ2v) is 20.2. The van der Waals surface area contributed by atoms with Crippen molar-refractivity contribution in [3.63, 3.8) is 0 Å². The molecule has 4 aliphatic heterocycles. The van der Waals surface area contributed by atoms with Crippen LogP contribution < -0.4 is 0 Å². The van der Waals surface area contributed by atoms with Crippen molar-refractivity contribution >= 4 is 33.7 Å². The lowest BCUT2D eigenvalue weighted by atomic mass is 9.96. The summed E-state index contributed by atoms with van der Waals surface area (Å²) in [7, 11) is 0. The number of carbonyl (C=O) groups is 2. The van der Waals surface area contributed by atoms with Crippen LogP contribution >= 0.6 is 0 Å². The lowest BCUT2D eigenvalue weighted by Crippen LogP contribution is -2.65. The van der Waals surface area contributed by atoms with Gasteiger partial charge >= 0.3 is 5.97 Å². The Bertz CT molecular complexity index is 3460. The summed E-state index contributed by atoms with van der Waals surface area (Å²) in [6, 6.07) is 17.0. The number of halogens is 2. The summed E-state index contributed by atoms with van der Waals surface area (Å²) >= 11 is 0. The smallest absolute Gasteiger partial charge is 0.321 e. The van der Waals surface area contributed by atoms with E-state index in [0.29, 0.717) is 68.7 Å². The van der Waals surface area contributed by atoms with Gasteiger partial charge in [-0.15, -0.1) is 0 Å². The van der Waals surface area contributed by atoms with Crippen molar-refractivity contribution in [2.24, 2.45) is 0 Å². The fourth-order valence-electron chi connectivity index (χ4n) is 11.5. The Kier molecular flexibility index (Phi) is 13.5. The average Bonchev–Trinajstić information content (AvgIpc) is 4.24. The molecule has 0 unspecified atom stereocenters. The number of nitrogens with zero attached hydrogens (tertiary/aromatic N) is 8. The first-order chi connectivity index (χ1) is 36.3. The van der Waals surface area contributed by atoms with Crippen LogP contribution in [0.4, 0.5) is 8.78 Å². The van der Waals surface area contributed by atoms with E-state index in [1.165, 1.54) is 43.5 Å². The Hall–Kier alpha value is -7.48. The topological polar surface area (TPSA) is 223 Å². The van der Waals surface area contributed by atoms with E-state index >= 15 is 0 Å². The summed E-state index contributed by atoms with van der Waals surface area (Å²) < 4.78 is 28.3. The fourth-order valence-corrected chi connectivity index (χ4v) is 11.5. The third kappa shape index (κ3) is 9.30. The molecule has 19 heteroatoms. The van der Waals surface area contributed by atoms with Gasteiger partial charge in [-0.3, -0.25) is 34.5 Å². The molecule has 0 spiro atoms. The molecule has 0 bridgehead atoms. The number of phenols is 2. The minimum Gasteiger partial charge on any atom is -0.505 e. The molecular weight excluding hydrogens is 959 g/mol. The predicted molar refractivity (Wildman–Crippen MR) is 281 cm³/mol. The number of carboxylic acid groups (broad SMARTS) is 1. The number of carbonyl (C=O) groups excluding carboxylic acids is 1. The number of nitrogens with one attached hydrogen (secondary N) is 4. The molecule has 4 aromatic heterocycles. The van der Waals surface area contributed by atoms with Crippen molar-refractivity contribution in [3.05, 3.63) is 106 Å². The Morgan fingerprint density at radius 1 is 0.653 bits per heavy atom. The number of rotatable bonds is 11. The van der Waals surface area contributed by atoms with Crippen LogP contribution in [0, 0.1) is 11.6 Å². The highest BCUT2D eigenvalue weighted by Gasteiger charge is 2.42. The average molecular weight is 1020 g/mol. The number of aromatic amines is 4. The van der Waals surface area contributed by atoms with Crippen LogP contribution in [0.3, 0.4) is 0 Å². The number of aromatic nitrogens is 8. The molecule has 2 atom stereocenters. The number of carboxylic acids is 1. The minimum atomic E-state index is -0.845. The van der Waals surface area contributed by atoms with Gasteiger partial charge in [-0.1, -0.05) is 46.2 Å². The highest BCUT2D eigenvalue weighted by Crippen LogP contribution is 2.37. The SMILES string of the molecule is CCc1cc(O)c(F)cc1-c1ccc2c(-c3nc4c([nH]3)CN(CC)[C@H](C(=O)N3CC(N5CCCCC5)C3)C4)n[nH]c2c1.CCc1cc(O)c(F)cc1-c1ccc2c(-c3nc4c([nH]3)CN(CC)[C@H](C(=O)O)C4)n[nH]c2c1. The number of phenolic OH excluding ortho intramolecular Hbond substituents is 2. The van der Waals surface area contributed by atoms with Gasteiger partial charge in [-0.25, -0.2) is 18.7 Å². The summed E-state index contributed by atoms with van der Waals surface area (Å²) in [5, 5.41) is 46.0. The molecule has 390 valence electrons. The molecule has 4 aromatic carbocycles. The molecule has 1 amide bonds. The Morgan fingerprint density at radius 3 is 1.60 bits per heavy atom. The monoisotopic (exact) mass is 1020 g/mol. The van der Waals surface area contributed by atoms with E-state index in [1.807, 2.05) is 67.0 Å². The summed E-state index contributed by atoms with van der Waals surface area (Å²) in [4.78, 5) is 50.4. The zero-order valence-corrected chi connectivity index (χ0v) is 42.6. The normalized spacial score (nSPS) is 18.5. The van der Waals surface area contributed by atoms with Crippen molar-refractivity contribution in [2.45, 2.75) is 104 Å². The molecule has 2 fully saturated rings. The molecule has 7 N–H and O–H groups in total. The van der Waals surface area contributed by atoms with Crippen LogP contribution in [0.5, 0.6) is 11.5 Å². The van der Waals surface area contributed by atoms with Crippen LogP contribution in [0.1, 0.15) is 80.9 Å². The minimum absolute atomic E-state index is 0.196. The van der Waals surface area contributed by atoms with Gasteiger partial charge < -0.3 is 30.2 Å². The number of likely N-dealkylation sites (N-methyl/N-ethyl adjacent to an activating group) is 2. The number of likely N-dealkylation sites (tertiary alicyclic amines) is 2. The summed E-state index contributed by atoms with van der Waals surface area (Å²) in [5.41, 5.74) is 11.4. The molecule has 4 aliphatic rings. The third-order valence-electron chi connectivity index (χ3n) is 15.9. The predicted octanol–water partition coefficient (Wildman–Crippen LogP) is 8.33. The maximum Gasteiger partial charge on any atom is 0.321 e. The summed E-state index contributed by atoms with van der Waals surface area (Å²) in [5.74, 6) is -1.34. The van der Waals surface area contributed by atoms with Crippen molar-refractivity contribution in [1.82, 2.24) is 59.9 Å². The Labute approximate surface area is 432 Å². The number of fused-ring (bicyclic) bond motifs is 4. The maximum absolute atomic E-state index is 14.2. The van der Waals surface area contributed by atoms with Gasteiger partial charge in [0.1, 0.15) is 17.4 Å². The van der Waals surface area contributed by atoms with Gasteiger partial charge in [0.2, 0.25) is 5.91 Å². The molecule has 8 aromatic rings. The summed E-state index contributed by atoms with van der Waals surface area (Å²) in [6.45, 7) is 14.6. The number of imidazole rings is 2. The molecule has 0 radical (unpaired) electrons. The summed E-state index contributed by atoms with van der Waals surface area (Å²) in [6.07, 6.45) is 6.11. The molecule has 17 nitrogen and oxygen atoms in total. The first-order valence-electron chi connectivity index (χ1n) is 26.2. The zero-order valence-electron chi connectivity index (χ0n) is 42.6. The molecule has 75 heavy (non-hydrogen) atoms. The number of benzene rings is 4. The van der Waals surface area contributed by atoms with Gasteiger partial charge in [0.05, 0.1) is 39.9 Å². The first-order valence-corrected chi connectivity index (χ1v) is 26.2. The number of amides is 1. The van der Waals surface area contributed by atoms with Gasteiger partial charge in [-0.2, -0.15) is 10.2 Å². The van der Waals surface area contributed by atoms with Crippen molar-refractivity contribution < 1.29 is 33.7 Å². The van der Waals surface area contributed by atoms with Crippen LogP contribution in [-0.2, 0) is 48.4 Å². The lowest BCUT2D eigenvalue weighted by Gasteiger charge is -2.48. The van der Waals surface area contributed by atoms with Gasteiger partial charge in [0.25, 0.3) is 0 Å². The van der Waals surface area contributed by atoms with Crippen LogP contribution in [0.15, 0.2) is 60.7 Å². The number of aliphatic carboxylic acids is 1. The third-order valence-corrected chi connectivity index (χ3v) is 15.9. The van der Waals surface area contributed by atoms with Gasteiger partial charge in [-0.05, 0) is 134 Å². The largest absolute Gasteiger partial charge is 0.505 e. The Morgan fingerprint density at radius 2 is 1.13 bits per heavy atom. The highest BCUT2D eigenvalue weighted by molar-refractivity contribution is 5.95. The number of hydrogen-bond acceptors (Lipinski definition) is 11. The van der Waals surface area contributed by atoms with E-state index in [1.54, 1.807) is 0 Å². The standard InChI is InChI=1S/C32H38FN7O2.C24H24FN5O3/c1-3-19-13-29(41)24(33)14-23(19)20-8-9-22-25(12-20)36-37-30(22)31-34-26-15-28(38(4-2)18-27(26)35-31)32(42)40-16-21(17-40)39-10-6-5-7-11-39;1-3-12-8-21(31)16(25)9-15(12)13-5-6-14-17(7-13)28-29-22(14)23-26-18-10-20(24(32)33)30(4-2)11-19(18)27-23/h8-9,12-14,21,28,41H,3-7,10-11,15-18H2,1-2H3,(H,34,35)(H,36,37);5-9,20,31H,3-4,10-11H2,1-2H3,(H,26,27)(H,28,29)(H,32,33)/t28-;20-/m00/s1. The van der Waals surface area contributed by atoms with Crippen molar-refractivity contribution in [3.8, 4) is 56.8 Å². The van der Waals surface area contributed by atoms with E-state index < -0.39 is 23.6 Å². The molecule has 0 saturated carbocycles. The number of piperidine rings is 1. The van der Waals surface area contributed by atoms with Crippen molar-refractivity contribution in [1.29, 1.82) is 0 Å². The van der Waals surface area contributed by atoms with Crippen LogP contribution in [0.2, 0.25) is 0 Å². The molecule has 2 saturated heterocycles. The Balaban J connectivity index is 0.000000165. The molecule has 8 heterocycles. The molecular formula is C56H62F2N12O5. The van der Waals surface area contributed by atoms with E-state index in [-0.39, 0.29) is 23.4 Å². The van der Waals surface area contributed by atoms with E-state index in [2.05, 4.69) is 52.1 Å². The van der Waals surface area contributed by atoms with Crippen LogP contribution in [-0.4, -0.2) is 145 Å². The van der Waals surface area contributed by atoms with Crippen molar-refractivity contribution in [2.75, 3.05) is 39.3 Å². The van der Waals surface area contributed by atoms with E-state index in [0.717, 1.165) is 116 Å². The second-order valence-electron chi connectivity index (χ2n) is 20.2. The quantitative estimate of drug-likeness (QED) is 0.0650.